The number of hydrogen-bond acceptors (Lipinski definition) is 4. The molecular weight excluding hydrogens is 258 g/mol. The Bertz CT molecular complexity index is 464. The van der Waals surface area contributed by atoms with Gasteiger partial charge in [0.2, 0.25) is 5.91 Å². The normalized spacial score (nSPS) is 32.0. The van der Waals surface area contributed by atoms with E-state index in [2.05, 4.69) is 5.32 Å². The van der Waals surface area contributed by atoms with Crippen LogP contribution in [0.5, 0.6) is 0 Å². The highest BCUT2D eigenvalue weighted by Gasteiger charge is 2.48. The number of amides is 1. The highest BCUT2D eigenvalue weighted by Crippen LogP contribution is 2.29. The lowest BCUT2D eigenvalue weighted by Crippen LogP contribution is -2.43. The largest absolute Gasteiger partial charge is 0.370 e. The third-order valence-corrected chi connectivity index (χ3v) is 3.70. The summed E-state index contributed by atoms with van der Waals surface area (Å²) in [7, 11) is 0. The molecule has 2 aliphatic heterocycles. The van der Waals surface area contributed by atoms with Gasteiger partial charge in [0, 0.05) is 6.92 Å². The average molecular weight is 277 g/mol. The van der Waals surface area contributed by atoms with Crippen molar-refractivity contribution in [1.29, 1.82) is 0 Å². The Morgan fingerprint density at radius 1 is 1.25 bits per heavy atom. The first kappa shape index (κ1) is 13.5. The minimum absolute atomic E-state index is 0.0588. The van der Waals surface area contributed by atoms with Crippen LogP contribution in [0.2, 0.25) is 0 Å². The van der Waals surface area contributed by atoms with Crippen LogP contribution in [-0.4, -0.2) is 43.5 Å². The summed E-state index contributed by atoms with van der Waals surface area (Å²) < 4.78 is 17.3. The van der Waals surface area contributed by atoms with Crippen LogP contribution in [0.15, 0.2) is 30.3 Å². The van der Waals surface area contributed by atoms with Crippen molar-refractivity contribution >= 4 is 5.91 Å². The third-order valence-electron chi connectivity index (χ3n) is 3.70. The second kappa shape index (κ2) is 5.91. The molecule has 0 aliphatic carbocycles. The molecule has 1 aromatic rings. The van der Waals surface area contributed by atoms with Crippen LogP contribution in [0, 0.1) is 0 Å². The monoisotopic (exact) mass is 277 g/mol. The van der Waals surface area contributed by atoms with Gasteiger partial charge in [-0.15, -0.1) is 0 Å². The number of benzene rings is 1. The van der Waals surface area contributed by atoms with Crippen LogP contribution >= 0.6 is 0 Å². The van der Waals surface area contributed by atoms with Gasteiger partial charge in [-0.1, -0.05) is 30.3 Å². The molecule has 0 aromatic heterocycles. The maximum atomic E-state index is 11.1. The van der Waals surface area contributed by atoms with E-state index in [9.17, 15) is 4.79 Å². The van der Waals surface area contributed by atoms with Crippen molar-refractivity contribution < 1.29 is 19.0 Å². The molecule has 1 amide bonds. The van der Waals surface area contributed by atoms with Crippen molar-refractivity contribution in [3.8, 4) is 0 Å². The van der Waals surface area contributed by atoms with Crippen LogP contribution < -0.4 is 5.32 Å². The molecule has 5 nitrogen and oxygen atoms in total. The van der Waals surface area contributed by atoms with Crippen molar-refractivity contribution in [3.63, 3.8) is 0 Å². The van der Waals surface area contributed by atoms with E-state index in [1.165, 1.54) is 6.92 Å². The SMILES string of the molecule is CC(=O)NC1COC2C(OCc3ccccc3)COC12. The number of nitrogens with one attached hydrogen (secondary N) is 1. The minimum atomic E-state index is -0.0975. The maximum absolute atomic E-state index is 11.1. The van der Waals surface area contributed by atoms with Gasteiger partial charge in [-0.3, -0.25) is 4.79 Å². The first-order chi connectivity index (χ1) is 9.74. The highest BCUT2D eigenvalue weighted by molar-refractivity contribution is 5.73. The van der Waals surface area contributed by atoms with Crippen LogP contribution in [-0.2, 0) is 25.6 Å². The molecule has 3 rings (SSSR count). The first-order valence-electron chi connectivity index (χ1n) is 6.90. The van der Waals surface area contributed by atoms with Gasteiger partial charge in [-0.25, -0.2) is 0 Å². The van der Waals surface area contributed by atoms with E-state index in [0.717, 1.165) is 5.56 Å². The second-order valence-corrected chi connectivity index (χ2v) is 5.24. The van der Waals surface area contributed by atoms with Gasteiger partial charge in [-0.05, 0) is 5.56 Å². The van der Waals surface area contributed by atoms with Gasteiger partial charge in [0.25, 0.3) is 0 Å². The minimum Gasteiger partial charge on any atom is -0.370 e. The number of hydrogen-bond donors (Lipinski definition) is 1. The van der Waals surface area contributed by atoms with Gasteiger partial charge in [0.15, 0.2) is 0 Å². The molecule has 2 fully saturated rings. The Morgan fingerprint density at radius 3 is 2.75 bits per heavy atom. The van der Waals surface area contributed by atoms with Crippen LogP contribution in [0.25, 0.3) is 0 Å². The Labute approximate surface area is 118 Å². The Kier molecular flexibility index (Phi) is 4.00. The summed E-state index contributed by atoms with van der Waals surface area (Å²) >= 11 is 0. The molecule has 20 heavy (non-hydrogen) atoms. The number of ether oxygens (including phenoxy) is 3. The number of carbonyl (C=O) groups excluding carboxylic acids is 1. The molecule has 0 spiro atoms. The molecule has 0 radical (unpaired) electrons. The van der Waals surface area contributed by atoms with Crippen molar-refractivity contribution in [2.24, 2.45) is 0 Å². The van der Waals surface area contributed by atoms with Gasteiger partial charge < -0.3 is 19.5 Å². The van der Waals surface area contributed by atoms with E-state index in [1.54, 1.807) is 0 Å². The molecule has 5 heteroatoms. The fraction of sp³-hybridized carbons (Fsp3) is 0.533. The summed E-state index contributed by atoms with van der Waals surface area (Å²) in [5.74, 6) is -0.0588. The molecule has 1 aromatic carbocycles. The molecule has 108 valence electrons. The lowest BCUT2D eigenvalue weighted by molar-refractivity contribution is -0.120. The molecule has 1 N–H and O–H groups in total. The second-order valence-electron chi connectivity index (χ2n) is 5.24. The van der Waals surface area contributed by atoms with Gasteiger partial charge in [0.1, 0.15) is 18.3 Å². The van der Waals surface area contributed by atoms with E-state index < -0.39 is 0 Å². The summed E-state index contributed by atoms with van der Waals surface area (Å²) in [5.41, 5.74) is 1.13. The molecule has 0 bridgehead atoms. The summed E-state index contributed by atoms with van der Waals surface area (Å²) in [6.45, 7) is 3.05. The topological polar surface area (TPSA) is 56.8 Å². The number of fused-ring (bicyclic) bond motifs is 1. The smallest absolute Gasteiger partial charge is 0.217 e. The Hall–Kier alpha value is -1.43. The molecule has 2 heterocycles. The Morgan fingerprint density at radius 2 is 2.00 bits per heavy atom. The molecule has 4 unspecified atom stereocenters. The fourth-order valence-electron chi connectivity index (χ4n) is 2.77. The van der Waals surface area contributed by atoms with Crippen molar-refractivity contribution in [2.45, 2.75) is 37.9 Å². The summed E-state index contributed by atoms with van der Waals surface area (Å²) in [5, 5.41) is 2.86. The van der Waals surface area contributed by atoms with Gasteiger partial charge in [-0.2, -0.15) is 0 Å². The molecule has 0 saturated carbocycles. The highest BCUT2D eigenvalue weighted by atomic mass is 16.6. The molecule has 2 saturated heterocycles. The zero-order valence-corrected chi connectivity index (χ0v) is 11.5. The summed E-state index contributed by atoms with van der Waals surface area (Å²) in [6.07, 6.45) is -0.255. The van der Waals surface area contributed by atoms with Gasteiger partial charge in [0.05, 0.1) is 25.9 Å². The van der Waals surface area contributed by atoms with E-state index in [4.69, 9.17) is 14.2 Å². The van der Waals surface area contributed by atoms with E-state index in [1.807, 2.05) is 30.3 Å². The van der Waals surface area contributed by atoms with Crippen LogP contribution in [0.4, 0.5) is 0 Å². The zero-order valence-electron chi connectivity index (χ0n) is 11.5. The summed E-state index contributed by atoms with van der Waals surface area (Å²) in [4.78, 5) is 11.1. The maximum Gasteiger partial charge on any atom is 0.217 e. The zero-order chi connectivity index (χ0) is 13.9. The lowest BCUT2D eigenvalue weighted by Gasteiger charge is -2.17. The summed E-state index contributed by atoms with van der Waals surface area (Å²) in [6, 6.07) is 9.96. The predicted molar refractivity (Wildman–Crippen MR) is 72.1 cm³/mol. The van der Waals surface area contributed by atoms with Crippen molar-refractivity contribution in [3.05, 3.63) is 35.9 Å². The third kappa shape index (κ3) is 2.85. The Balaban J connectivity index is 1.54. The van der Waals surface area contributed by atoms with Crippen molar-refractivity contribution in [1.82, 2.24) is 5.32 Å². The average Bonchev–Trinajstić information content (AvgIpc) is 3.01. The number of rotatable bonds is 4. The molecule has 2 aliphatic rings. The number of carbonyl (C=O) groups is 1. The van der Waals surface area contributed by atoms with E-state index >= 15 is 0 Å². The molecule has 4 atom stereocenters. The fourth-order valence-corrected chi connectivity index (χ4v) is 2.77. The standard InChI is InChI=1S/C15H19NO4/c1-10(17)16-12-8-19-15-13(9-20-14(12)15)18-7-11-5-3-2-4-6-11/h2-6,12-15H,7-9H2,1H3,(H,16,17). The molecular formula is C15H19NO4. The predicted octanol–water partition coefficient (Wildman–Crippen LogP) is 0.874. The lowest BCUT2D eigenvalue weighted by atomic mass is 10.1. The van der Waals surface area contributed by atoms with Gasteiger partial charge >= 0.3 is 0 Å². The van der Waals surface area contributed by atoms with Crippen LogP contribution in [0.3, 0.4) is 0 Å². The quantitative estimate of drug-likeness (QED) is 0.887. The van der Waals surface area contributed by atoms with E-state index in [0.29, 0.717) is 19.8 Å². The van der Waals surface area contributed by atoms with Crippen LogP contribution in [0.1, 0.15) is 12.5 Å². The van der Waals surface area contributed by atoms with Crippen molar-refractivity contribution in [2.75, 3.05) is 13.2 Å². The van der Waals surface area contributed by atoms with E-state index in [-0.39, 0.29) is 30.3 Å². The first-order valence-corrected chi connectivity index (χ1v) is 6.90.